The summed E-state index contributed by atoms with van der Waals surface area (Å²) < 4.78 is 11.3. The number of benzene rings is 1. The Morgan fingerprint density at radius 2 is 2.16 bits per heavy atom. The van der Waals surface area contributed by atoms with Crippen molar-refractivity contribution in [2.75, 3.05) is 33.4 Å². The number of nitrogens with one attached hydrogen (secondary N) is 2. The fraction of sp³-hybridized carbons (Fsp3) is 0.650. The molecule has 0 amide bonds. The molecule has 2 aliphatic rings. The Bertz CT molecular complexity index is 559. The minimum absolute atomic E-state index is 0.174. The first-order valence-electron chi connectivity index (χ1n) is 9.50. The van der Waals surface area contributed by atoms with Crippen LogP contribution in [0.4, 0.5) is 0 Å². The minimum atomic E-state index is 0.174. The summed E-state index contributed by atoms with van der Waals surface area (Å²) in [4.78, 5) is 4.85. The maximum absolute atomic E-state index is 6.00. The van der Waals surface area contributed by atoms with Crippen molar-refractivity contribution in [3.05, 3.63) is 29.8 Å². The van der Waals surface area contributed by atoms with Crippen molar-refractivity contribution in [3.8, 4) is 5.75 Å². The van der Waals surface area contributed by atoms with E-state index in [0.29, 0.717) is 5.41 Å². The molecule has 0 saturated heterocycles. The van der Waals surface area contributed by atoms with Crippen LogP contribution in [0.2, 0.25) is 0 Å². The molecular weight excluding hydrogens is 314 g/mol. The summed E-state index contributed by atoms with van der Waals surface area (Å²) in [6.07, 6.45) is 6.08. The van der Waals surface area contributed by atoms with E-state index >= 15 is 0 Å². The van der Waals surface area contributed by atoms with Crippen LogP contribution in [-0.4, -0.2) is 45.4 Å². The van der Waals surface area contributed by atoms with E-state index in [-0.39, 0.29) is 6.10 Å². The predicted molar refractivity (Wildman–Crippen MR) is 101 cm³/mol. The molecule has 1 aromatic carbocycles. The molecule has 1 atom stereocenters. The average molecular weight is 345 g/mol. The van der Waals surface area contributed by atoms with Gasteiger partial charge in [-0.1, -0.05) is 24.6 Å². The lowest BCUT2D eigenvalue weighted by atomic mass is 9.67. The molecule has 1 heterocycles. The van der Waals surface area contributed by atoms with Gasteiger partial charge in [-0.25, -0.2) is 0 Å². The maximum atomic E-state index is 6.00. The fourth-order valence-corrected chi connectivity index (χ4v) is 3.65. The summed E-state index contributed by atoms with van der Waals surface area (Å²) in [7, 11) is 1.78. The summed E-state index contributed by atoms with van der Waals surface area (Å²) in [6, 6.07) is 8.29. The van der Waals surface area contributed by atoms with Gasteiger partial charge in [0, 0.05) is 33.2 Å². The van der Waals surface area contributed by atoms with Gasteiger partial charge in [-0.15, -0.1) is 0 Å². The number of rotatable bonds is 8. The molecule has 1 aliphatic carbocycles. The van der Waals surface area contributed by atoms with Gasteiger partial charge in [0.1, 0.15) is 11.9 Å². The zero-order valence-electron chi connectivity index (χ0n) is 15.5. The number of aliphatic imine (C=N–C) groups is 1. The first-order chi connectivity index (χ1) is 12.2. The van der Waals surface area contributed by atoms with Crippen molar-refractivity contribution in [1.29, 1.82) is 0 Å². The minimum Gasteiger partial charge on any atom is -0.488 e. The highest BCUT2D eigenvalue weighted by molar-refractivity contribution is 5.79. The van der Waals surface area contributed by atoms with Gasteiger partial charge in [0.05, 0.1) is 6.54 Å². The van der Waals surface area contributed by atoms with Gasteiger partial charge in [-0.2, -0.15) is 0 Å². The lowest BCUT2D eigenvalue weighted by Gasteiger charge is -2.40. The van der Waals surface area contributed by atoms with Gasteiger partial charge < -0.3 is 20.1 Å². The molecule has 0 radical (unpaired) electrons. The van der Waals surface area contributed by atoms with Crippen LogP contribution in [0.5, 0.6) is 5.75 Å². The van der Waals surface area contributed by atoms with Crippen LogP contribution in [0.1, 0.15) is 38.2 Å². The highest BCUT2D eigenvalue weighted by Gasteiger charge is 2.36. The molecule has 1 aromatic rings. The van der Waals surface area contributed by atoms with E-state index in [1.165, 1.54) is 24.8 Å². The van der Waals surface area contributed by atoms with Crippen LogP contribution >= 0.6 is 0 Å². The summed E-state index contributed by atoms with van der Waals surface area (Å²) in [5.41, 5.74) is 1.64. The first kappa shape index (κ1) is 18.1. The summed E-state index contributed by atoms with van der Waals surface area (Å²) >= 11 is 0. The summed E-state index contributed by atoms with van der Waals surface area (Å²) in [6.45, 7) is 5.43. The zero-order valence-corrected chi connectivity index (χ0v) is 15.5. The van der Waals surface area contributed by atoms with E-state index in [1.54, 1.807) is 7.11 Å². The number of methoxy groups -OCH3 is 1. The van der Waals surface area contributed by atoms with Crippen molar-refractivity contribution in [3.63, 3.8) is 0 Å². The number of ether oxygens (including phenoxy) is 2. The Labute approximate surface area is 151 Å². The molecule has 2 N–H and O–H groups in total. The van der Waals surface area contributed by atoms with Crippen molar-refractivity contribution in [2.24, 2.45) is 10.4 Å². The fourth-order valence-electron chi connectivity index (χ4n) is 3.65. The maximum Gasteiger partial charge on any atom is 0.191 e. The van der Waals surface area contributed by atoms with Crippen molar-refractivity contribution in [2.45, 2.75) is 45.1 Å². The van der Waals surface area contributed by atoms with Crippen LogP contribution < -0.4 is 15.4 Å². The molecule has 5 heteroatoms. The third-order valence-corrected chi connectivity index (χ3v) is 5.38. The third-order valence-electron chi connectivity index (χ3n) is 5.38. The lowest BCUT2D eigenvalue weighted by molar-refractivity contribution is 0.0778. The van der Waals surface area contributed by atoms with Crippen LogP contribution in [0.3, 0.4) is 0 Å². The summed E-state index contributed by atoms with van der Waals surface area (Å²) in [5.74, 6) is 1.91. The molecule has 0 spiro atoms. The van der Waals surface area contributed by atoms with Crippen molar-refractivity contribution in [1.82, 2.24) is 10.6 Å². The Balaban J connectivity index is 1.51. The topological polar surface area (TPSA) is 54.9 Å². The SMILES string of the molecule is CCNC(=NCC1(CCOC)CCC1)NCC1Cc2ccccc2O1. The van der Waals surface area contributed by atoms with Gasteiger partial charge >= 0.3 is 0 Å². The normalized spacial score (nSPS) is 21.2. The number of fused-ring (bicyclic) bond motifs is 1. The number of para-hydroxylation sites is 1. The molecule has 1 unspecified atom stereocenters. The Kier molecular flexibility index (Phi) is 6.19. The highest BCUT2D eigenvalue weighted by atomic mass is 16.5. The van der Waals surface area contributed by atoms with Gasteiger partial charge in [0.25, 0.3) is 0 Å². The van der Waals surface area contributed by atoms with Gasteiger partial charge in [-0.05, 0) is 43.2 Å². The van der Waals surface area contributed by atoms with E-state index < -0.39 is 0 Å². The first-order valence-corrected chi connectivity index (χ1v) is 9.50. The molecule has 3 rings (SSSR count). The standard InChI is InChI=1S/C20H31N3O2/c1-3-21-19(23-15-20(9-6-10-20)11-12-24-2)22-14-17-13-16-7-4-5-8-18(16)25-17/h4-5,7-8,17H,3,6,9-15H2,1-2H3,(H2,21,22,23). The van der Waals surface area contributed by atoms with Crippen molar-refractivity contribution >= 4 is 5.96 Å². The lowest BCUT2D eigenvalue weighted by Crippen LogP contribution is -2.43. The van der Waals surface area contributed by atoms with Crippen LogP contribution in [0, 0.1) is 5.41 Å². The molecule has 138 valence electrons. The molecule has 0 bridgehead atoms. The number of hydrogen-bond acceptors (Lipinski definition) is 3. The number of nitrogens with zero attached hydrogens (tertiary/aromatic N) is 1. The van der Waals surface area contributed by atoms with E-state index in [2.05, 4.69) is 29.7 Å². The van der Waals surface area contributed by atoms with E-state index in [0.717, 1.165) is 50.8 Å². The van der Waals surface area contributed by atoms with Crippen LogP contribution in [0.15, 0.2) is 29.3 Å². The van der Waals surface area contributed by atoms with Gasteiger partial charge in [0.2, 0.25) is 0 Å². The van der Waals surface area contributed by atoms with E-state index in [1.807, 2.05) is 12.1 Å². The quantitative estimate of drug-likeness (QED) is 0.562. The average Bonchev–Trinajstić information content (AvgIpc) is 3.01. The Morgan fingerprint density at radius 3 is 2.84 bits per heavy atom. The zero-order chi connectivity index (χ0) is 17.5. The largest absolute Gasteiger partial charge is 0.488 e. The third kappa shape index (κ3) is 4.66. The second kappa shape index (κ2) is 8.56. The summed E-state index contributed by atoms with van der Waals surface area (Å²) in [5, 5.41) is 6.81. The smallest absolute Gasteiger partial charge is 0.191 e. The highest BCUT2D eigenvalue weighted by Crippen LogP contribution is 2.44. The van der Waals surface area contributed by atoms with Gasteiger partial charge in [0.15, 0.2) is 5.96 Å². The van der Waals surface area contributed by atoms with Crippen LogP contribution in [-0.2, 0) is 11.2 Å². The van der Waals surface area contributed by atoms with Crippen molar-refractivity contribution < 1.29 is 9.47 Å². The second-order valence-corrected chi connectivity index (χ2v) is 7.22. The molecular formula is C20H31N3O2. The molecule has 0 aromatic heterocycles. The molecule has 1 saturated carbocycles. The van der Waals surface area contributed by atoms with E-state index in [4.69, 9.17) is 14.5 Å². The van der Waals surface area contributed by atoms with E-state index in [9.17, 15) is 0 Å². The monoisotopic (exact) mass is 345 g/mol. The van der Waals surface area contributed by atoms with Crippen LogP contribution in [0.25, 0.3) is 0 Å². The van der Waals surface area contributed by atoms with Gasteiger partial charge in [-0.3, -0.25) is 4.99 Å². The predicted octanol–water partition coefficient (Wildman–Crippen LogP) is 2.75. The molecule has 25 heavy (non-hydrogen) atoms. The number of guanidine groups is 1. The Hall–Kier alpha value is -1.75. The second-order valence-electron chi connectivity index (χ2n) is 7.22. The molecule has 5 nitrogen and oxygen atoms in total. The molecule has 1 aliphatic heterocycles. The number of hydrogen-bond donors (Lipinski definition) is 2. The molecule has 1 fully saturated rings. The Morgan fingerprint density at radius 1 is 1.32 bits per heavy atom.